The topological polar surface area (TPSA) is 57.2 Å². The average molecular weight is 381 g/mol. The Morgan fingerprint density at radius 2 is 1.74 bits per heavy atom. The van der Waals surface area contributed by atoms with Crippen molar-refractivity contribution in [1.82, 2.24) is 15.2 Å². The summed E-state index contributed by atoms with van der Waals surface area (Å²) in [5, 5.41) is 11.9. The van der Waals surface area contributed by atoms with Gasteiger partial charge in [-0.3, -0.25) is 0 Å². The van der Waals surface area contributed by atoms with Gasteiger partial charge in [0.25, 0.3) is 0 Å². The summed E-state index contributed by atoms with van der Waals surface area (Å²) in [6.45, 7) is 5.79. The van der Waals surface area contributed by atoms with E-state index in [1.807, 2.05) is 24.3 Å². The number of para-hydroxylation sites is 1. The number of aromatic nitrogens is 3. The van der Waals surface area contributed by atoms with Crippen molar-refractivity contribution in [3.05, 3.63) is 65.3 Å². The highest BCUT2D eigenvalue weighted by Crippen LogP contribution is 2.24. The molecular weight excluding hydrogens is 360 g/mol. The molecule has 138 valence electrons. The van der Waals surface area contributed by atoms with E-state index in [0.717, 1.165) is 37.7 Å². The van der Waals surface area contributed by atoms with Crippen LogP contribution >= 0.6 is 11.6 Å². The summed E-state index contributed by atoms with van der Waals surface area (Å²) in [7, 11) is 0. The predicted molar refractivity (Wildman–Crippen MR) is 110 cm³/mol. The zero-order valence-corrected chi connectivity index (χ0v) is 15.9. The van der Waals surface area contributed by atoms with Crippen LogP contribution in [0, 0.1) is 6.92 Å². The summed E-state index contributed by atoms with van der Waals surface area (Å²) in [6, 6.07) is 16.1. The first-order valence-corrected chi connectivity index (χ1v) is 9.35. The molecule has 1 saturated heterocycles. The zero-order chi connectivity index (χ0) is 18.6. The van der Waals surface area contributed by atoms with Gasteiger partial charge in [0.1, 0.15) is 0 Å². The summed E-state index contributed by atoms with van der Waals surface area (Å²) in [5.41, 5.74) is 3.32. The monoisotopic (exact) mass is 380 g/mol. The van der Waals surface area contributed by atoms with Crippen molar-refractivity contribution in [2.45, 2.75) is 6.92 Å². The number of hydrogen-bond donors (Lipinski definition) is 1. The fourth-order valence-electron chi connectivity index (χ4n) is 3.20. The Morgan fingerprint density at radius 1 is 0.963 bits per heavy atom. The molecule has 0 spiro atoms. The molecule has 0 bridgehead atoms. The molecule has 6 nitrogen and oxygen atoms in total. The van der Waals surface area contributed by atoms with E-state index in [0.29, 0.717) is 11.0 Å². The van der Waals surface area contributed by atoms with E-state index >= 15 is 0 Å². The van der Waals surface area contributed by atoms with Crippen LogP contribution in [0.15, 0.2) is 54.7 Å². The third kappa shape index (κ3) is 4.11. The van der Waals surface area contributed by atoms with Crippen molar-refractivity contribution in [1.29, 1.82) is 0 Å². The number of nitrogens with one attached hydrogen (secondary N) is 1. The number of aryl methyl sites for hydroxylation is 1. The fraction of sp³-hybridized carbons (Fsp3) is 0.250. The number of piperazine rings is 1. The quantitative estimate of drug-likeness (QED) is 0.740. The largest absolute Gasteiger partial charge is 0.368 e. The molecule has 3 aromatic rings. The molecule has 1 aromatic heterocycles. The molecular formula is C20H21ClN6. The lowest BCUT2D eigenvalue weighted by molar-refractivity contribution is 0.644. The highest BCUT2D eigenvalue weighted by Gasteiger charge is 2.19. The molecule has 0 unspecified atom stereocenters. The maximum atomic E-state index is 6.19. The molecule has 1 fully saturated rings. The number of nitrogens with zero attached hydrogens (tertiary/aromatic N) is 5. The maximum Gasteiger partial charge on any atom is 0.249 e. The first-order valence-electron chi connectivity index (χ1n) is 8.97. The SMILES string of the molecule is Cc1cccc(N2CCN(c3cnnc(Nc4ccccc4Cl)n3)CC2)c1. The van der Waals surface area contributed by atoms with E-state index in [1.165, 1.54) is 11.3 Å². The van der Waals surface area contributed by atoms with Crippen LogP contribution in [0.2, 0.25) is 5.02 Å². The third-order valence-electron chi connectivity index (χ3n) is 4.64. The van der Waals surface area contributed by atoms with Crippen LogP contribution in [0.1, 0.15) is 5.56 Å². The van der Waals surface area contributed by atoms with Gasteiger partial charge in [-0.15, -0.1) is 5.10 Å². The van der Waals surface area contributed by atoms with Crippen LogP contribution in [-0.2, 0) is 0 Å². The Morgan fingerprint density at radius 3 is 2.52 bits per heavy atom. The van der Waals surface area contributed by atoms with Gasteiger partial charge in [0.2, 0.25) is 5.95 Å². The second kappa shape index (κ2) is 7.80. The molecule has 2 aromatic carbocycles. The van der Waals surface area contributed by atoms with Crippen molar-refractivity contribution in [2.75, 3.05) is 41.3 Å². The average Bonchev–Trinajstić information content (AvgIpc) is 2.70. The molecule has 2 heterocycles. The minimum Gasteiger partial charge on any atom is -0.368 e. The van der Waals surface area contributed by atoms with Gasteiger partial charge in [0, 0.05) is 31.9 Å². The Labute approximate surface area is 163 Å². The van der Waals surface area contributed by atoms with Gasteiger partial charge in [-0.25, -0.2) is 0 Å². The van der Waals surface area contributed by atoms with Crippen LogP contribution in [-0.4, -0.2) is 41.4 Å². The number of benzene rings is 2. The van der Waals surface area contributed by atoms with Gasteiger partial charge in [-0.2, -0.15) is 10.1 Å². The normalized spacial score (nSPS) is 14.3. The van der Waals surface area contributed by atoms with Gasteiger partial charge in [0.15, 0.2) is 5.82 Å². The summed E-state index contributed by atoms with van der Waals surface area (Å²) >= 11 is 6.19. The minimum absolute atomic E-state index is 0.446. The second-order valence-corrected chi connectivity index (χ2v) is 6.96. The Balaban J connectivity index is 1.43. The van der Waals surface area contributed by atoms with Crippen LogP contribution < -0.4 is 15.1 Å². The summed E-state index contributed by atoms with van der Waals surface area (Å²) in [4.78, 5) is 9.25. The van der Waals surface area contributed by atoms with E-state index in [2.05, 4.69) is 61.5 Å². The van der Waals surface area contributed by atoms with Crippen LogP contribution in [0.5, 0.6) is 0 Å². The van der Waals surface area contributed by atoms with E-state index in [9.17, 15) is 0 Å². The van der Waals surface area contributed by atoms with Crippen molar-refractivity contribution in [3.8, 4) is 0 Å². The number of halogens is 1. The van der Waals surface area contributed by atoms with Crippen LogP contribution in [0.4, 0.5) is 23.1 Å². The van der Waals surface area contributed by atoms with Crippen LogP contribution in [0.3, 0.4) is 0 Å². The maximum absolute atomic E-state index is 6.19. The molecule has 1 aliphatic heterocycles. The number of anilines is 4. The number of rotatable bonds is 4. The van der Waals surface area contributed by atoms with Gasteiger partial charge in [-0.05, 0) is 36.8 Å². The molecule has 0 aliphatic carbocycles. The Hall–Kier alpha value is -2.86. The van der Waals surface area contributed by atoms with E-state index in [4.69, 9.17) is 11.6 Å². The van der Waals surface area contributed by atoms with Gasteiger partial charge >= 0.3 is 0 Å². The molecule has 7 heteroatoms. The second-order valence-electron chi connectivity index (χ2n) is 6.56. The lowest BCUT2D eigenvalue weighted by Crippen LogP contribution is -2.47. The lowest BCUT2D eigenvalue weighted by atomic mass is 10.2. The Kier molecular flexibility index (Phi) is 5.07. The third-order valence-corrected chi connectivity index (χ3v) is 4.97. The standard InChI is InChI=1S/C20H21ClN6/c1-15-5-4-6-16(13-15)26-9-11-27(12-10-26)19-14-22-25-20(24-19)23-18-8-3-2-7-17(18)21/h2-8,13-14H,9-12H2,1H3,(H,23,24,25). The van der Waals surface area contributed by atoms with E-state index in [-0.39, 0.29) is 0 Å². The van der Waals surface area contributed by atoms with E-state index in [1.54, 1.807) is 6.20 Å². The lowest BCUT2D eigenvalue weighted by Gasteiger charge is -2.36. The van der Waals surface area contributed by atoms with Crippen molar-refractivity contribution < 1.29 is 0 Å². The predicted octanol–water partition coefficient (Wildman–Crippen LogP) is 3.90. The first-order chi connectivity index (χ1) is 13.2. The zero-order valence-electron chi connectivity index (χ0n) is 15.1. The van der Waals surface area contributed by atoms with Crippen molar-refractivity contribution in [3.63, 3.8) is 0 Å². The molecule has 0 atom stereocenters. The van der Waals surface area contributed by atoms with Crippen LogP contribution in [0.25, 0.3) is 0 Å². The first kappa shape index (κ1) is 17.5. The molecule has 0 saturated carbocycles. The van der Waals surface area contributed by atoms with Crippen molar-refractivity contribution in [2.24, 2.45) is 0 Å². The summed E-state index contributed by atoms with van der Waals surface area (Å²) < 4.78 is 0. The van der Waals surface area contributed by atoms with Gasteiger partial charge in [0.05, 0.1) is 16.9 Å². The molecule has 0 radical (unpaired) electrons. The fourth-order valence-corrected chi connectivity index (χ4v) is 3.38. The Bertz CT molecular complexity index is 924. The summed E-state index contributed by atoms with van der Waals surface area (Å²) in [5.74, 6) is 1.27. The van der Waals surface area contributed by atoms with Gasteiger partial charge in [-0.1, -0.05) is 35.9 Å². The highest BCUT2D eigenvalue weighted by molar-refractivity contribution is 6.33. The van der Waals surface area contributed by atoms with E-state index < -0.39 is 0 Å². The molecule has 4 rings (SSSR count). The highest BCUT2D eigenvalue weighted by atomic mass is 35.5. The number of hydrogen-bond acceptors (Lipinski definition) is 6. The molecule has 1 N–H and O–H groups in total. The van der Waals surface area contributed by atoms with Gasteiger partial charge < -0.3 is 15.1 Å². The molecule has 0 amide bonds. The smallest absolute Gasteiger partial charge is 0.249 e. The minimum atomic E-state index is 0.446. The molecule has 27 heavy (non-hydrogen) atoms. The summed E-state index contributed by atoms with van der Waals surface area (Å²) in [6.07, 6.45) is 1.71. The van der Waals surface area contributed by atoms with Crippen molar-refractivity contribution >= 4 is 34.7 Å². The molecule has 1 aliphatic rings.